The van der Waals surface area contributed by atoms with Gasteiger partial charge in [0.15, 0.2) is 0 Å². The van der Waals surface area contributed by atoms with Crippen LogP contribution in [0.15, 0.2) is 24.3 Å². The van der Waals surface area contributed by atoms with Gasteiger partial charge in [-0.2, -0.15) is 0 Å². The van der Waals surface area contributed by atoms with Gasteiger partial charge in [-0.15, -0.1) is 11.8 Å². The van der Waals surface area contributed by atoms with Crippen molar-refractivity contribution < 1.29 is 19.1 Å². The first-order valence-corrected chi connectivity index (χ1v) is 6.44. The van der Waals surface area contributed by atoms with E-state index in [0.717, 1.165) is 5.56 Å². The largest absolute Gasteiger partial charge is 0.480 e. The smallest absolute Gasteiger partial charge is 0.327 e. The predicted octanol–water partition coefficient (Wildman–Crippen LogP) is 1.87. The lowest BCUT2D eigenvalue weighted by Gasteiger charge is -2.26. The molecule has 4 nitrogen and oxygen atoms in total. The van der Waals surface area contributed by atoms with Gasteiger partial charge in [0, 0.05) is 12.7 Å². The van der Waals surface area contributed by atoms with Crippen LogP contribution < -0.4 is 0 Å². The lowest BCUT2D eigenvalue weighted by Crippen LogP contribution is -2.41. The molecule has 2 atom stereocenters. The zero-order valence-corrected chi connectivity index (χ0v) is 10.5. The van der Waals surface area contributed by atoms with Crippen LogP contribution in [0.2, 0.25) is 0 Å². The summed E-state index contributed by atoms with van der Waals surface area (Å²) in [6.07, 6.45) is 0. The fourth-order valence-corrected chi connectivity index (χ4v) is 3.44. The molecule has 0 aromatic heterocycles. The van der Waals surface area contributed by atoms with E-state index in [4.69, 9.17) is 5.11 Å². The number of benzene rings is 1. The monoisotopic (exact) mass is 269 g/mol. The third kappa shape index (κ3) is 2.33. The van der Waals surface area contributed by atoms with Crippen molar-refractivity contribution in [1.29, 1.82) is 0 Å². The van der Waals surface area contributed by atoms with Gasteiger partial charge in [0.25, 0.3) is 0 Å². The van der Waals surface area contributed by atoms with Crippen molar-refractivity contribution in [3.05, 3.63) is 35.6 Å². The number of amides is 1. The number of halogens is 1. The van der Waals surface area contributed by atoms with Gasteiger partial charge in [-0.05, 0) is 17.7 Å². The van der Waals surface area contributed by atoms with E-state index in [-0.39, 0.29) is 17.1 Å². The number of carbonyl (C=O) groups excluding carboxylic acids is 1. The van der Waals surface area contributed by atoms with Crippen molar-refractivity contribution in [2.45, 2.75) is 18.3 Å². The summed E-state index contributed by atoms with van der Waals surface area (Å²) in [5, 5.41) is 8.72. The van der Waals surface area contributed by atoms with Gasteiger partial charge < -0.3 is 10.0 Å². The van der Waals surface area contributed by atoms with Crippen LogP contribution in [0.5, 0.6) is 0 Å². The van der Waals surface area contributed by atoms with E-state index >= 15 is 0 Å². The molecule has 1 N–H and O–H groups in total. The van der Waals surface area contributed by atoms with Crippen molar-refractivity contribution >= 4 is 23.6 Å². The highest BCUT2D eigenvalue weighted by Gasteiger charge is 2.40. The van der Waals surface area contributed by atoms with E-state index in [1.165, 1.54) is 35.7 Å². The maximum Gasteiger partial charge on any atom is 0.327 e. The van der Waals surface area contributed by atoms with Gasteiger partial charge in [0.1, 0.15) is 17.2 Å². The van der Waals surface area contributed by atoms with E-state index < -0.39 is 12.0 Å². The molecule has 0 radical (unpaired) electrons. The molecule has 0 saturated carbocycles. The molecule has 2 rings (SSSR count). The molecule has 1 heterocycles. The second-order valence-corrected chi connectivity index (χ2v) is 5.13. The number of carbonyl (C=O) groups is 2. The maximum absolute atomic E-state index is 12.9. The lowest BCUT2D eigenvalue weighted by molar-refractivity contribution is -0.148. The highest BCUT2D eigenvalue weighted by molar-refractivity contribution is 7.99. The van der Waals surface area contributed by atoms with E-state index in [1.807, 2.05) is 0 Å². The Morgan fingerprint density at radius 1 is 1.39 bits per heavy atom. The number of nitrogens with zero attached hydrogens (tertiary/aromatic N) is 1. The summed E-state index contributed by atoms with van der Waals surface area (Å²) < 4.78 is 12.9. The molecular formula is C12H12FNO3S. The molecule has 1 saturated heterocycles. The summed E-state index contributed by atoms with van der Waals surface area (Å²) in [5.41, 5.74) is 0.736. The minimum absolute atomic E-state index is 0.290. The number of aliphatic carboxylic acids is 1. The first-order chi connectivity index (χ1) is 8.50. The highest BCUT2D eigenvalue weighted by Crippen LogP contribution is 2.41. The maximum atomic E-state index is 12.9. The normalized spacial score (nSPS) is 23.1. The molecule has 1 aromatic carbocycles. The topological polar surface area (TPSA) is 57.6 Å². The fraction of sp³-hybridized carbons (Fsp3) is 0.333. The third-order valence-electron chi connectivity index (χ3n) is 2.80. The molecule has 18 heavy (non-hydrogen) atoms. The molecule has 1 amide bonds. The van der Waals surface area contributed by atoms with Crippen LogP contribution in [0, 0.1) is 5.82 Å². The summed E-state index contributed by atoms with van der Waals surface area (Å²) in [4.78, 5) is 24.0. The zero-order chi connectivity index (χ0) is 13.3. The van der Waals surface area contributed by atoms with E-state index in [1.54, 1.807) is 12.1 Å². The van der Waals surface area contributed by atoms with Crippen LogP contribution in [0.1, 0.15) is 17.9 Å². The predicted molar refractivity (Wildman–Crippen MR) is 65.5 cm³/mol. The summed E-state index contributed by atoms with van der Waals surface area (Å²) in [6, 6.07) is 4.95. The van der Waals surface area contributed by atoms with Crippen molar-refractivity contribution in [1.82, 2.24) is 4.90 Å². The number of hydrogen-bond donors (Lipinski definition) is 1. The molecule has 1 aliphatic heterocycles. The van der Waals surface area contributed by atoms with E-state index in [2.05, 4.69) is 0 Å². The fourth-order valence-electron chi connectivity index (χ4n) is 1.97. The number of rotatable bonds is 2. The second kappa shape index (κ2) is 4.97. The van der Waals surface area contributed by atoms with Gasteiger partial charge in [0.2, 0.25) is 5.91 Å². The van der Waals surface area contributed by atoms with Crippen LogP contribution in [0.3, 0.4) is 0 Å². The molecular weight excluding hydrogens is 257 g/mol. The first-order valence-electron chi connectivity index (χ1n) is 5.39. The summed E-state index contributed by atoms with van der Waals surface area (Å²) in [7, 11) is 0. The Labute approximate surface area is 108 Å². The van der Waals surface area contributed by atoms with Crippen molar-refractivity contribution in [2.24, 2.45) is 0 Å². The minimum atomic E-state index is -1.01. The van der Waals surface area contributed by atoms with E-state index in [0.29, 0.717) is 5.75 Å². The SMILES string of the molecule is CC(=O)N1[C@@H](C(=O)O)CS[C@@H]1c1ccc(F)cc1. The number of thioether (sulfide) groups is 1. The quantitative estimate of drug-likeness (QED) is 0.890. The molecule has 1 aromatic rings. The molecule has 1 fully saturated rings. The Morgan fingerprint density at radius 3 is 2.50 bits per heavy atom. The third-order valence-corrected chi connectivity index (χ3v) is 4.13. The Balaban J connectivity index is 2.30. The molecule has 0 spiro atoms. The summed E-state index contributed by atoms with van der Waals surface area (Å²) >= 11 is 1.38. The van der Waals surface area contributed by atoms with Crippen LogP contribution in [0.4, 0.5) is 4.39 Å². The van der Waals surface area contributed by atoms with Crippen LogP contribution in [-0.2, 0) is 9.59 Å². The average Bonchev–Trinajstić information content (AvgIpc) is 2.74. The van der Waals surface area contributed by atoms with Gasteiger partial charge in [-0.3, -0.25) is 4.79 Å². The van der Waals surface area contributed by atoms with Crippen LogP contribution in [0.25, 0.3) is 0 Å². The molecule has 96 valence electrons. The molecule has 1 aliphatic rings. The average molecular weight is 269 g/mol. The van der Waals surface area contributed by atoms with Gasteiger partial charge in [-0.25, -0.2) is 9.18 Å². The lowest BCUT2D eigenvalue weighted by atomic mass is 10.1. The van der Waals surface area contributed by atoms with Crippen LogP contribution in [-0.4, -0.2) is 33.7 Å². The van der Waals surface area contributed by atoms with Crippen molar-refractivity contribution in [3.8, 4) is 0 Å². The van der Waals surface area contributed by atoms with Crippen LogP contribution >= 0.6 is 11.8 Å². The number of hydrogen-bond acceptors (Lipinski definition) is 3. The van der Waals surface area contributed by atoms with Gasteiger partial charge in [-0.1, -0.05) is 12.1 Å². The standard InChI is InChI=1S/C12H12FNO3S/c1-7(15)14-10(12(16)17)6-18-11(14)8-2-4-9(13)5-3-8/h2-5,10-11H,6H2,1H3,(H,16,17)/t10-,11-/m1/s1. The van der Waals surface area contributed by atoms with Crippen molar-refractivity contribution in [3.63, 3.8) is 0 Å². The van der Waals surface area contributed by atoms with Gasteiger partial charge in [0.05, 0.1) is 0 Å². The Kier molecular flexibility index (Phi) is 3.56. The summed E-state index contributed by atoms with van der Waals surface area (Å²) in [5.74, 6) is -1.31. The second-order valence-electron chi connectivity index (χ2n) is 4.02. The zero-order valence-electron chi connectivity index (χ0n) is 9.67. The number of carboxylic acids is 1. The molecule has 0 bridgehead atoms. The van der Waals surface area contributed by atoms with E-state index in [9.17, 15) is 14.0 Å². The first kappa shape index (κ1) is 12.9. The Hall–Kier alpha value is -1.56. The van der Waals surface area contributed by atoms with Crippen molar-refractivity contribution in [2.75, 3.05) is 5.75 Å². The molecule has 0 aliphatic carbocycles. The van der Waals surface area contributed by atoms with Gasteiger partial charge >= 0.3 is 5.97 Å². The minimum Gasteiger partial charge on any atom is -0.480 e. The molecule has 0 unspecified atom stereocenters. The summed E-state index contributed by atoms with van der Waals surface area (Å²) in [6.45, 7) is 1.35. The Morgan fingerprint density at radius 2 is 2.00 bits per heavy atom. The molecule has 6 heteroatoms. The highest BCUT2D eigenvalue weighted by atomic mass is 32.2. The Bertz CT molecular complexity index is 477. The number of carboxylic acid groups (broad SMARTS) is 1.